The topological polar surface area (TPSA) is 22.1 Å². The molecule has 0 N–H and O–H groups in total. The van der Waals surface area contributed by atoms with Gasteiger partial charge >= 0.3 is 0 Å². The highest BCUT2D eigenvalue weighted by atomic mass is 16.5. The first-order valence-corrected chi connectivity index (χ1v) is 13.9. The second-order valence-electron chi connectivity index (χ2n) is 10.1. The van der Waals surface area contributed by atoms with Gasteiger partial charge in [0.05, 0.1) is 16.6 Å². The van der Waals surface area contributed by atoms with Gasteiger partial charge in [0.25, 0.3) is 0 Å². The zero-order valence-corrected chi connectivity index (χ0v) is 22.7. The van der Waals surface area contributed by atoms with Crippen molar-refractivity contribution in [2.45, 2.75) is 20.3 Å². The minimum Gasteiger partial charge on any atom is -0.455 e. The van der Waals surface area contributed by atoms with Gasteiger partial charge in [0.1, 0.15) is 11.5 Å². The number of para-hydroxylation sites is 1. The van der Waals surface area contributed by atoms with Crippen LogP contribution in [0, 0.1) is 0 Å². The summed E-state index contributed by atoms with van der Waals surface area (Å²) in [5.74, 6) is 1.72. The van der Waals surface area contributed by atoms with Crippen LogP contribution >= 0.6 is 0 Å². The van der Waals surface area contributed by atoms with Gasteiger partial charge in [-0.15, -0.1) is 0 Å². The van der Waals surface area contributed by atoms with Crippen molar-refractivity contribution in [3.8, 4) is 45.0 Å². The predicted octanol–water partition coefficient (Wildman–Crippen LogP) is 10.9. The van der Waals surface area contributed by atoms with Crippen molar-refractivity contribution in [1.29, 1.82) is 0 Å². The minimum atomic E-state index is 0.857. The van der Waals surface area contributed by atoms with Gasteiger partial charge in [-0.05, 0) is 65.3 Å². The summed E-state index contributed by atoms with van der Waals surface area (Å²) < 4.78 is 6.96. The predicted molar refractivity (Wildman–Crippen MR) is 169 cm³/mol. The number of hydrogen-bond donors (Lipinski definition) is 0. The number of allylic oxidation sites excluding steroid dienone is 4. The minimum absolute atomic E-state index is 0.857. The average Bonchev–Trinajstić information content (AvgIpc) is 3.02. The van der Waals surface area contributed by atoms with E-state index in [0.717, 1.165) is 73.1 Å². The third-order valence-corrected chi connectivity index (χ3v) is 7.73. The van der Waals surface area contributed by atoms with Crippen molar-refractivity contribution < 1.29 is 4.74 Å². The molecular weight excluding hydrogens is 486 g/mol. The van der Waals surface area contributed by atoms with Gasteiger partial charge in [0.15, 0.2) is 0 Å². The molecule has 0 spiro atoms. The van der Waals surface area contributed by atoms with E-state index in [0.29, 0.717) is 0 Å². The smallest absolute Gasteiger partial charge is 0.145 e. The zero-order chi connectivity index (χ0) is 27.1. The highest BCUT2D eigenvalue weighted by molar-refractivity contribution is 6.17. The number of aromatic nitrogens is 1. The Morgan fingerprint density at radius 3 is 2.10 bits per heavy atom. The summed E-state index contributed by atoms with van der Waals surface area (Å²) in [7, 11) is 0. The Hall–Kier alpha value is -4.95. The largest absolute Gasteiger partial charge is 0.455 e. The number of fused-ring (bicyclic) bond motifs is 4. The average molecular weight is 516 g/mol. The highest BCUT2D eigenvalue weighted by Gasteiger charge is 2.28. The summed E-state index contributed by atoms with van der Waals surface area (Å²) in [6.45, 7) is 4.26. The fraction of sp³-hybridized carbons (Fsp3) is 0.0789. The Morgan fingerprint density at radius 1 is 0.700 bits per heavy atom. The number of rotatable bonds is 5. The number of ether oxygens (including phenoxy) is 1. The first-order chi connectivity index (χ1) is 19.8. The molecule has 40 heavy (non-hydrogen) atoms. The first-order valence-electron chi connectivity index (χ1n) is 13.9. The van der Waals surface area contributed by atoms with Crippen LogP contribution in [0.4, 0.5) is 0 Å². The Morgan fingerprint density at radius 2 is 1.40 bits per heavy atom. The summed E-state index contributed by atoms with van der Waals surface area (Å²) in [6, 6.07) is 38.4. The van der Waals surface area contributed by atoms with Gasteiger partial charge in [-0.2, -0.15) is 0 Å². The molecule has 6 aromatic rings. The Balaban J connectivity index is 1.55. The zero-order valence-electron chi connectivity index (χ0n) is 22.7. The Bertz CT molecular complexity index is 1950. The van der Waals surface area contributed by atoms with Crippen LogP contribution in [0.2, 0.25) is 0 Å². The quantitative estimate of drug-likeness (QED) is 0.168. The number of hydrogen-bond acceptors (Lipinski definition) is 2. The lowest BCUT2D eigenvalue weighted by atomic mass is 9.90. The molecule has 7 rings (SSSR count). The molecule has 0 bridgehead atoms. The molecular formula is C38H29NO. The summed E-state index contributed by atoms with van der Waals surface area (Å²) in [6.07, 6.45) is 7.59. The summed E-state index contributed by atoms with van der Waals surface area (Å²) in [4.78, 5) is 5.32. The van der Waals surface area contributed by atoms with Crippen molar-refractivity contribution >= 4 is 27.2 Å². The van der Waals surface area contributed by atoms with E-state index in [-0.39, 0.29) is 0 Å². The molecule has 0 aliphatic carbocycles. The lowest BCUT2D eigenvalue weighted by molar-refractivity contribution is 0.490. The monoisotopic (exact) mass is 515 g/mol. The molecule has 2 nitrogen and oxygen atoms in total. The second-order valence-corrected chi connectivity index (χ2v) is 10.1. The van der Waals surface area contributed by atoms with E-state index in [1.54, 1.807) is 0 Å². The molecule has 0 unspecified atom stereocenters. The van der Waals surface area contributed by atoms with Crippen LogP contribution in [0.15, 0.2) is 127 Å². The Kier molecular flexibility index (Phi) is 6.02. The molecule has 192 valence electrons. The lowest BCUT2D eigenvalue weighted by Gasteiger charge is -2.26. The van der Waals surface area contributed by atoms with E-state index in [4.69, 9.17) is 9.72 Å². The van der Waals surface area contributed by atoms with Crippen LogP contribution in [0.5, 0.6) is 11.5 Å². The van der Waals surface area contributed by atoms with Crippen molar-refractivity contribution in [1.82, 2.24) is 4.98 Å². The van der Waals surface area contributed by atoms with Gasteiger partial charge in [-0.1, -0.05) is 110 Å². The molecule has 0 fully saturated rings. The van der Waals surface area contributed by atoms with Crippen LogP contribution in [-0.2, 0) is 0 Å². The molecule has 1 aliphatic heterocycles. The van der Waals surface area contributed by atoms with Crippen molar-refractivity contribution in [3.63, 3.8) is 0 Å². The fourth-order valence-electron chi connectivity index (χ4n) is 5.78. The second kappa shape index (κ2) is 9.98. The van der Waals surface area contributed by atoms with E-state index in [2.05, 4.69) is 129 Å². The molecule has 0 amide bonds. The van der Waals surface area contributed by atoms with Gasteiger partial charge in [-0.3, -0.25) is 0 Å². The fourth-order valence-corrected chi connectivity index (χ4v) is 5.78. The van der Waals surface area contributed by atoms with E-state index < -0.39 is 0 Å². The van der Waals surface area contributed by atoms with Crippen LogP contribution in [0.3, 0.4) is 0 Å². The van der Waals surface area contributed by atoms with Crippen molar-refractivity contribution in [3.05, 3.63) is 133 Å². The van der Waals surface area contributed by atoms with Crippen LogP contribution in [0.1, 0.15) is 25.8 Å². The van der Waals surface area contributed by atoms with Gasteiger partial charge in [0, 0.05) is 22.1 Å². The third-order valence-electron chi connectivity index (χ3n) is 7.73. The summed E-state index contributed by atoms with van der Waals surface area (Å²) in [5.41, 5.74) is 9.77. The van der Waals surface area contributed by atoms with Crippen LogP contribution in [0.25, 0.3) is 60.8 Å². The number of benzene rings is 5. The normalized spacial score (nSPS) is 12.6. The van der Waals surface area contributed by atoms with Crippen LogP contribution in [-0.4, -0.2) is 4.98 Å². The van der Waals surface area contributed by atoms with Crippen molar-refractivity contribution in [2.24, 2.45) is 0 Å². The standard InChI is InChI=1S/C38H29NO/c1-3-5-13-25(4-2)28-20-23-34-33(24-28)31-22-21-30(27-16-10-7-11-17-27)38-35(31)36(39-34)32-19-12-18-29(37(32)40-38)26-14-8-6-9-15-26/h4-24H,3H2,1-2H3/b13-5-,25-4+. The van der Waals surface area contributed by atoms with Gasteiger partial charge in [0.2, 0.25) is 0 Å². The van der Waals surface area contributed by atoms with E-state index in [9.17, 15) is 0 Å². The molecule has 2 heterocycles. The number of nitrogens with zero attached hydrogens (tertiary/aromatic N) is 1. The highest BCUT2D eigenvalue weighted by Crippen LogP contribution is 2.53. The molecule has 0 saturated carbocycles. The van der Waals surface area contributed by atoms with Gasteiger partial charge < -0.3 is 4.74 Å². The molecule has 1 aliphatic rings. The summed E-state index contributed by atoms with van der Waals surface area (Å²) >= 11 is 0. The maximum atomic E-state index is 6.96. The van der Waals surface area contributed by atoms with Crippen molar-refractivity contribution in [2.75, 3.05) is 0 Å². The SMILES string of the molecule is C/C=C(\C=C/CC)c1ccc2nc3c4c(c(-c5ccccc5)ccc4c2c1)Oc1c(-c2ccccc2)cccc1-3. The first kappa shape index (κ1) is 24.1. The molecule has 5 aromatic carbocycles. The molecule has 0 radical (unpaired) electrons. The summed E-state index contributed by atoms with van der Waals surface area (Å²) in [5, 5.41) is 3.35. The third kappa shape index (κ3) is 3.92. The molecule has 2 heteroatoms. The maximum absolute atomic E-state index is 6.96. The van der Waals surface area contributed by atoms with E-state index in [1.165, 1.54) is 11.1 Å². The molecule has 0 saturated heterocycles. The molecule has 1 aromatic heterocycles. The van der Waals surface area contributed by atoms with Crippen LogP contribution < -0.4 is 4.74 Å². The number of pyridine rings is 1. The van der Waals surface area contributed by atoms with E-state index in [1.807, 2.05) is 12.1 Å². The van der Waals surface area contributed by atoms with E-state index >= 15 is 0 Å². The van der Waals surface area contributed by atoms with Gasteiger partial charge in [-0.25, -0.2) is 4.98 Å². The molecule has 0 atom stereocenters. The maximum Gasteiger partial charge on any atom is 0.145 e. The Labute approximate surface area is 234 Å². The lowest BCUT2D eigenvalue weighted by Crippen LogP contribution is -2.03.